The second kappa shape index (κ2) is 20.6. The summed E-state index contributed by atoms with van der Waals surface area (Å²) in [7, 11) is 0. The van der Waals surface area contributed by atoms with Gasteiger partial charge in [-0.2, -0.15) is 0 Å². The largest absolute Gasteiger partial charge is 0.491 e. The second-order valence-corrected chi connectivity index (χ2v) is 12.4. The van der Waals surface area contributed by atoms with Crippen molar-refractivity contribution in [3.8, 4) is 5.75 Å². The summed E-state index contributed by atoms with van der Waals surface area (Å²) in [4.78, 5) is 0. The van der Waals surface area contributed by atoms with Gasteiger partial charge in [-0.15, -0.1) is 0 Å². The van der Waals surface area contributed by atoms with E-state index in [-0.39, 0.29) is 6.10 Å². The number of rotatable bonds is 27. The highest BCUT2D eigenvalue weighted by Crippen LogP contribution is 2.37. The quantitative estimate of drug-likeness (QED) is 0.140. The first-order valence-corrected chi connectivity index (χ1v) is 15.4. The monoisotopic (exact) mass is 616 g/mol. The molecule has 0 saturated carbocycles. The van der Waals surface area contributed by atoms with Crippen molar-refractivity contribution in [2.24, 2.45) is 0 Å². The molecule has 0 spiro atoms. The summed E-state index contributed by atoms with van der Waals surface area (Å²) in [5, 5.41) is 10.5. The summed E-state index contributed by atoms with van der Waals surface area (Å²) in [6, 6.07) is 9.67. The summed E-state index contributed by atoms with van der Waals surface area (Å²) < 4.78 is 51.5. The first-order valence-electron chi connectivity index (χ1n) is 15.4. The van der Waals surface area contributed by atoms with Gasteiger partial charge >= 0.3 is 0 Å². The van der Waals surface area contributed by atoms with Crippen LogP contribution in [0.4, 0.5) is 0 Å². The summed E-state index contributed by atoms with van der Waals surface area (Å²) >= 11 is 0. The SMILES string of the molecule is CC(COCCOCCOCCOCCOCCOCCOc1ccccc1)OC(C)(C)C(C)(C)OC(C)(C)C(C)(C)O. The number of para-hydroxylation sites is 1. The Kier molecular flexibility index (Phi) is 19.1. The normalized spacial score (nSPS) is 13.8. The topological polar surface area (TPSA) is 103 Å². The average molecular weight is 617 g/mol. The third-order valence-corrected chi connectivity index (χ3v) is 7.38. The number of hydrogen-bond donors (Lipinski definition) is 1. The van der Waals surface area contributed by atoms with Crippen LogP contribution in [0.1, 0.15) is 62.3 Å². The van der Waals surface area contributed by atoms with Crippen molar-refractivity contribution in [3.63, 3.8) is 0 Å². The molecule has 0 aliphatic heterocycles. The van der Waals surface area contributed by atoms with Gasteiger partial charge in [0.05, 0.1) is 108 Å². The van der Waals surface area contributed by atoms with E-state index < -0.39 is 22.4 Å². The van der Waals surface area contributed by atoms with Crippen molar-refractivity contribution in [2.75, 3.05) is 85.9 Å². The van der Waals surface area contributed by atoms with Gasteiger partial charge in [-0.05, 0) is 74.4 Å². The van der Waals surface area contributed by atoms with E-state index in [4.69, 9.17) is 42.6 Å². The van der Waals surface area contributed by atoms with Gasteiger partial charge in [0.25, 0.3) is 0 Å². The fourth-order valence-electron chi connectivity index (χ4n) is 3.65. The number of benzene rings is 1. The highest BCUT2D eigenvalue weighted by molar-refractivity contribution is 5.20. The lowest BCUT2D eigenvalue weighted by atomic mass is 9.84. The number of ether oxygens (including phenoxy) is 9. The van der Waals surface area contributed by atoms with E-state index in [1.54, 1.807) is 13.8 Å². The van der Waals surface area contributed by atoms with E-state index in [0.29, 0.717) is 85.9 Å². The van der Waals surface area contributed by atoms with Gasteiger partial charge in [-0.1, -0.05) is 18.2 Å². The van der Waals surface area contributed by atoms with Gasteiger partial charge < -0.3 is 47.7 Å². The zero-order valence-corrected chi connectivity index (χ0v) is 28.3. The van der Waals surface area contributed by atoms with E-state index >= 15 is 0 Å². The van der Waals surface area contributed by atoms with Crippen molar-refractivity contribution < 1.29 is 47.7 Å². The highest BCUT2D eigenvalue weighted by Gasteiger charge is 2.47. The van der Waals surface area contributed by atoms with E-state index in [1.807, 2.05) is 78.8 Å². The molecular formula is C33H60O10. The average Bonchev–Trinajstić information content (AvgIpc) is 2.91. The smallest absolute Gasteiger partial charge is 0.119 e. The molecule has 1 atom stereocenters. The van der Waals surface area contributed by atoms with Gasteiger partial charge in [0.15, 0.2) is 0 Å². The maximum Gasteiger partial charge on any atom is 0.119 e. The molecule has 43 heavy (non-hydrogen) atoms. The van der Waals surface area contributed by atoms with E-state index in [1.165, 1.54) is 0 Å². The van der Waals surface area contributed by atoms with Crippen LogP contribution in [0.3, 0.4) is 0 Å². The molecule has 0 aliphatic carbocycles. The second-order valence-electron chi connectivity index (χ2n) is 12.4. The summed E-state index contributed by atoms with van der Waals surface area (Å²) in [6.45, 7) is 23.7. The highest BCUT2D eigenvalue weighted by atomic mass is 16.6. The number of aliphatic hydroxyl groups is 1. The lowest BCUT2D eigenvalue weighted by Gasteiger charge is -2.49. The van der Waals surface area contributed by atoms with Crippen molar-refractivity contribution in [3.05, 3.63) is 30.3 Å². The molecule has 10 nitrogen and oxygen atoms in total. The van der Waals surface area contributed by atoms with E-state index in [2.05, 4.69) is 0 Å². The Morgan fingerprint density at radius 3 is 1.35 bits per heavy atom. The maximum atomic E-state index is 10.5. The lowest BCUT2D eigenvalue weighted by molar-refractivity contribution is -0.269. The van der Waals surface area contributed by atoms with Crippen molar-refractivity contribution in [1.29, 1.82) is 0 Å². The number of hydrogen-bond acceptors (Lipinski definition) is 10. The van der Waals surface area contributed by atoms with E-state index in [9.17, 15) is 5.11 Å². The van der Waals surface area contributed by atoms with Crippen LogP contribution in [0.25, 0.3) is 0 Å². The zero-order valence-electron chi connectivity index (χ0n) is 28.3. The third kappa shape index (κ3) is 17.7. The first kappa shape index (κ1) is 39.7. The van der Waals surface area contributed by atoms with Crippen LogP contribution < -0.4 is 4.74 Å². The molecule has 0 aromatic heterocycles. The fraction of sp³-hybridized carbons (Fsp3) is 0.818. The standard InChI is InChI=1S/C33H60O10/c1-28(42-32(6,7)33(8,9)43-31(4,5)30(2,3)34)27-40-24-23-38-20-19-36-16-15-35-17-18-37-21-22-39-25-26-41-29-13-11-10-12-14-29/h10-14,28,34H,15-27H2,1-9H3. The molecule has 1 N–H and O–H groups in total. The van der Waals surface area contributed by atoms with Gasteiger partial charge in [0, 0.05) is 0 Å². The van der Waals surface area contributed by atoms with Crippen LogP contribution in [0.2, 0.25) is 0 Å². The van der Waals surface area contributed by atoms with Crippen molar-refractivity contribution in [2.45, 2.75) is 90.8 Å². The Labute approximate surface area is 260 Å². The Balaban J connectivity index is 1.91. The molecule has 1 aromatic carbocycles. The predicted octanol–water partition coefficient (Wildman–Crippen LogP) is 4.69. The summed E-state index contributed by atoms with van der Waals surface area (Å²) in [5.74, 6) is 0.842. The molecular weight excluding hydrogens is 556 g/mol. The maximum absolute atomic E-state index is 10.5. The Bertz CT molecular complexity index is 808. The Morgan fingerprint density at radius 1 is 0.535 bits per heavy atom. The molecule has 1 aromatic rings. The van der Waals surface area contributed by atoms with Crippen molar-refractivity contribution in [1.82, 2.24) is 0 Å². The minimum atomic E-state index is -1.00. The van der Waals surface area contributed by atoms with E-state index in [0.717, 1.165) is 5.75 Å². The van der Waals surface area contributed by atoms with Gasteiger partial charge in [0.1, 0.15) is 12.4 Å². The van der Waals surface area contributed by atoms with Crippen molar-refractivity contribution >= 4 is 0 Å². The third-order valence-electron chi connectivity index (χ3n) is 7.38. The molecule has 0 fully saturated rings. The van der Waals surface area contributed by atoms with Crippen LogP contribution >= 0.6 is 0 Å². The molecule has 1 unspecified atom stereocenters. The Hall–Kier alpha value is -1.34. The summed E-state index contributed by atoms with van der Waals surface area (Å²) in [6.07, 6.45) is -0.143. The lowest BCUT2D eigenvalue weighted by Crippen LogP contribution is -2.59. The first-order chi connectivity index (χ1) is 20.2. The van der Waals surface area contributed by atoms with Crippen LogP contribution in [-0.2, 0) is 37.9 Å². The summed E-state index contributed by atoms with van der Waals surface area (Å²) in [5.41, 5.74) is -3.02. The predicted molar refractivity (Wildman–Crippen MR) is 167 cm³/mol. The van der Waals surface area contributed by atoms with Gasteiger partial charge in [-0.25, -0.2) is 0 Å². The zero-order chi connectivity index (χ0) is 32.2. The molecule has 0 radical (unpaired) electrons. The van der Waals surface area contributed by atoms with Gasteiger partial charge in [-0.3, -0.25) is 0 Å². The molecule has 1 rings (SSSR count). The van der Waals surface area contributed by atoms with Crippen LogP contribution in [0.5, 0.6) is 5.75 Å². The molecule has 0 saturated heterocycles. The molecule has 0 amide bonds. The molecule has 0 aliphatic rings. The Morgan fingerprint density at radius 2 is 0.930 bits per heavy atom. The minimum Gasteiger partial charge on any atom is -0.491 e. The minimum absolute atomic E-state index is 0.143. The molecule has 10 heteroatoms. The van der Waals surface area contributed by atoms with Crippen LogP contribution in [-0.4, -0.2) is 120 Å². The molecule has 252 valence electrons. The molecule has 0 heterocycles. The molecule has 0 bridgehead atoms. The van der Waals surface area contributed by atoms with Crippen LogP contribution in [0, 0.1) is 0 Å². The van der Waals surface area contributed by atoms with Crippen LogP contribution in [0.15, 0.2) is 30.3 Å². The van der Waals surface area contributed by atoms with Gasteiger partial charge in [0.2, 0.25) is 0 Å². The fourth-order valence-corrected chi connectivity index (χ4v) is 3.65.